The summed E-state index contributed by atoms with van der Waals surface area (Å²) in [5.74, 6) is -0.427. The summed E-state index contributed by atoms with van der Waals surface area (Å²) in [6.45, 7) is 10.3. The first-order valence-corrected chi connectivity index (χ1v) is 9.44. The maximum atomic E-state index is 13.5. The van der Waals surface area contributed by atoms with E-state index in [9.17, 15) is 18.0 Å². The zero-order valence-corrected chi connectivity index (χ0v) is 17.4. The highest BCUT2D eigenvalue weighted by Crippen LogP contribution is 2.39. The Morgan fingerprint density at radius 3 is 2.37 bits per heavy atom. The molecule has 1 aromatic carbocycles. The first kappa shape index (κ1) is 23.4. The minimum atomic E-state index is -4.55. The Morgan fingerprint density at radius 1 is 1.20 bits per heavy atom. The van der Waals surface area contributed by atoms with Gasteiger partial charge in [-0.25, -0.2) is 0 Å². The number of hydrogen-bond donors (Lipinski definition) is 1. The number of amides is 1. The van der Waals surface area contributed by atoms with Crippen LogP contribution in [0.15, 0.2) is 73.5 Å². The fraction of sp³-hybridized carbons (Fsp3) is 0.217. The molecular formula is C23H22ClF3N2O. The van der Waals surface area contributed by atoms with E-state index in [1.54, 1.807) is 43.4 Å². The number of nitrogens with zero attached hydrogens (tertiary/aromatic N) is 1. The lowest BCUT2D eigenvalue weighted by atomic mass is 9.79. The quantitative estimate of drug-likeness (QED) is 0.532. The Hall–Kier alpha value is -2.86. The van der Waals surface area contributed by atoms with Crippen LogP contribution in [-0.4, -0.2) is 10.9 Å². The van der Waals surface area contributed by atoms with Crippen LogP contribution >= 0.6 is 11.6 Å². The van der Waals surface area contributed by atoms with E-state index in [0.29, 0.717) is 21.9 Å². The van der Waals surface area contributed by atoms with E-state index in [0.717, 1.165) is 12.1 Å². The van der Waals surface area contributed by atoms with Crippen molar-refractivity contribution in [2.75, 3.05) is 0 Å². The van der Waals surface area contributed by atoms with Crippen LogP contribution in [0.1, 0.15) is 35.7 Å². The number of carbonyl (C=O) groups is 1. The fourth-order valence-corrected chi connectivity index (χ4v) is 3.41. The Bertz CT molecular complexity index is 981. The minimum absolute atomic E-state index is 0.109. The van der Waals surface area contributed by atoms with Crippen molar-refractivity contribution in [2.24, 2.45) is 0 Å². The van der Waals surface area contributed by atoms with Gasteiger partial charge in [-0.3, -0.25) is 9.78 Å². The van der Waals surface area contributed by atoms with Crippen molar-refractivity contribution in [3.05, 3.63) is 101 Å². The second-order valence-electron chi connectivity index (χ2n) is 6.89. The summed E-state index contributed by atoms with van der Waals surface area (Å²) in [4.78, 5) is 16.5. The molecule has 2 rings (SSSR count). The second-order valence-corrected chi connectivity index (χ2v) is 7.33. The van der Waals surface area contributed by atoms with E-state index < -0.39 is 23.2 Å². The van der Waals surface area contributed by atoms with Gasteiger partial charge >= 0.3 is 6.18 Å². The van der Waals surface area contributed by atoms with Gasteiger partial charge in [-0.2, -0.15) is 13.2 Å². The van der Waals surface area contributed by atoms with Gasteiger partial charge in [-0.15, -0.1) is 0 Å². The van der Waals surface area contributed by atoms with Crippen LogP contribution in [-0.2, 0) is 16.5 Å². The monoisotopic (exact) mass is 434 g/mol. The second kappa shape index (κ2) is 9.30. The van der Waals surface area contributed by atoms with Crippen molar-refractivity contribution in [3.63, 3.8) is 0 Å². The topological polar surface area (TPSA) is 42.0 Å². The predicted molar refractivity (Wildman–Crippen MR) is 113 cm³/mol. The largest absolute Gasteiger partial charge is 0.416 e. The molecule has 0 radical (unpaired) electrons. The number of allylic oxidation sites excluding steroid dienone is 3. The van der Waals surface area contributed by atoms with Crippen molar-refractivity contribution in [1.29, 1.82) is 0 Å². The van der Waals surface area contributed by atoms with Gasteiger partial charge in [0.2, 0.25) is 5.91 Å². The average Bonchev–Trinajstić information content (AvgIpc) is 2.66. The SMILES string of the molecule is C=C/C=C(\C=C)C[C@@](NC(C)=O)(c1cc(C)cc(C(F)(F)F)c1)c1ccc(Cl)cn1. The number of carbonyl (C=O) groups excluding carboxylic acids is 1. The molecule has 0 bridgehead atoms. The number of nitrogens with one attached hydrogen (secondary N) is 1. The first-order chi connectivity index (χ1) is 14.0. The number of halogens is 4. The lowest BCUT2D eigenvalue weighted by Crippen LogP contribution is -2.47. The lowest BCUT2D eigenvalue weighted by molar-refractivity contribution is -0.137. The van der Waals surface area contributed by atoms with E-state index in [2.05, 4.69) is 23.5 Å². The molecule has 3 nitrogen and oxygen atoms in total. The van der Waals surface area contributed by atoms with Gasteiger partial charge in [0.15, 0.2) is 0 Å². The highest BCUT2D eigenvalue weighted by Gasteiger charge is 2.40. The molecule has 7 heteroatoms. The van der Waals surface area contributed by atoms with E-state index in [1.807, 2.05) is 0 Å². The number of aryl methyl sites for hydroxylation is 1. The molecule has 0 unspecified atom stereocenters. The summed E-state index contributed by atoms with van der Waals surface area (Å²) >= 11 is 5.97. The fourth-order valence-electron chi connectivity index (χ4n) is 3.30. The highest BCUT2D eigenvalue weighted by molar-refractivity contribution is 6.30. The zero-order chi connectivity index (χ0) is 22.5. The minimum Gasteiger partial charge on any atom is -0.341 e. The molecule has 0 aliphatic rings. The molecule has 2 aromatic rings. The summed E-state index contributed by atoms with van der Waals surface area (Å²) in [6.07, 6.45) is 1.74. The van der Waals surface area contributed by atoms with Gasteiger partial charge in [0.1, 0.15) is 5.54 Å². The normalized spacial score (nSPS) is 14.0. The molecular weight excluding hydrogens is 413 g/mol. The zero-order valence-electron chi connectivity index (χ0n) is 16.7. The van der Waals surface area contributed by atoms with Gasteiger partial charge in [0.25, 0.3) is 0 Å². The van der Waals surface area contributed by atoms with Crippen LogP contribution < -0.4 is 5.32 Å². The van der Waals surface area contributed by atoms with Crippen molar-refractivity contribution >= 4 is 17.5 Å². The third kappa shape index (κ3) is 5.39. The number of hydrogen-bond acceptors (Lipinski definition) is 2. The van der Waals surface area contributed by atoms with Crippen LogP contribution in [0.3, 0.4) is 0 Å². The summed E-state index contributed by atoms with van der Waals surface area (Å²) < 4.78 is 40.6. The van der Waals surface area contributed by atoms with Crippen molar-refractivity contribution in [2.45, 2.75) is 32.0 Å². The van der Waals surface area contributed by atoms with Gasteiger partial charge < -0.3 is 5.32 Å². The molecule has 158 valence electrons. The lowest BCUT2D eigenvalue weighted by Gasteiger charge is -2.36. The highest BCUT2D eigenvalue weighted by atomic mass is 35.5. The molecule has 30 heavy (non-hydrogen) atoms. The molecule has 0 aliphatic heterocycles. The Labute approximate surface area is 179 Å². The molecule has 1 atom stereocenters. The van der Waals surface area contributed by atoms with Crippen LogP contribution in [0.25, 0.3) is 0 Å². The number of benzene rings is 1. The van der Waals surface area contributed by atoms with Crippen molar-refractivity contribution in [3.8, 4) is 0 Å². The average molecular weight is 435 g/mol. The molecule has 0 fully saturated rings. The Kier molecular flexibility index (Phi) is 7.26. The smallest absolute Gasteiger partial charge is 0.341 e. The third-order valence-electron chi connectivity index (χ3n) is 4.51. The van der Waals surface area contributed by atoms with Crippen LogP contribution in [0.4, 0.5) is 13.2 Å². The summed E-state index contributed by atoms with van der Waals surface area (Å²) in [6, 6.07) is 6.86. The molecule has 1 amide bonds. The summed E-state index contributed by atoms with van der Waals surface area (Å²) in [7, 11) is 0. The maximum absolute atomic E-state index is 13.5. The predicted octanol–water partition coefficient (Wildman–Crippen LogP) is 6.13. The van der Waals surface area contributed by atoms with Gasteiger partial charge in [-0.05, 0) is 42.3 Å². The number of aromatic nitrogens is 1. The van der Waals surface area contributed by atoms with E-state index in [1.165, 1.54) is 13.1 Å². The van der Waals surface area contributed by atoms with Crippen molar-refractivity contribution < 1.29 is 18.0 Å². The van der Waals surface area contributed by atoms with Gasteiger partial charge in [0.05, 0.1) is 16.3 Å². The van der Waals surface area contributed by atoms with Crippen LogP contribution in [0.5, 0.6) is 0 Å². The van der Waals surface area contributed by atoms with Crippen LogP contribution in [0, 0.1) is 6.92 Å². The van der Waals surface area contributed by atoms with Crippen LogP contribution in [0.2, 0.25) is 5.02 Å². The Balaban J connectivity index is 2.89. The number of alkyl halides is 3. The molecule has 1 aromatic heterocycles. The Morgan fingerprint density at radius 2 is 1.87 bits per heavy atom. The van der Waals surface area contributed by atoms with E-state index in [-0.39, 0.29) is 12.0 Å². The van der Waals surface area contributed by atoms with Crippen molar-refractivity contribution in [1.82, 2.24) is 10.3 Å². The molecule has 0 saturated carbocycles. The molecule has 0 aliphatic carbocycles. The summed E-state index contributed by atoms with van der Waals surface area (Å²) in [5, 5.41) is 3.20. The van der Waals surface area contributed by atoms with Gasteiger partial charge in [-0.1, -0.05) is 54.6 Å². The first-order valence-electron chi connectivity index (χ1n) is 9.06. The molecule has 0 saturated heterocycles. The molecule has 1 heterocycles. The summed E-state index contributed by atoms with van der Waals surface area (Å²) in [5.41, 5.74) is -0.545. The molecule has 0 spiro atoms. The van der Waals surface area contributed by atoms with E-state index >= 15 is 0 Å². The standard InChI is InChI=1S/C23H22ClF3N2O/c1-5-7-17(6-2)13-22(29-16(4)30,21-9-8-20(24)14-28-21)18-10-15(3)11-19(12-18)23(25,26)27/h5-12,14H,1-2,13H2,3-4H3,(H,29,30)/b17-7+/t22-/m1/s1. The maximum Gasteiger partial charge on any atom is 0.416 e. The molecule has 1 N–H and O–H groups in total. The van der Waals surface area contributed by atoms with E-state index in [4.69, 9.17) is 11.6 Å². The third-order valence-corrected chi connectivity index (χ3v) is 4.74. The number of pyridine rings is 1. The van der Waals surface area contributed by atoms with Gasteiger partial charge in [0, 0.05) is 19.5 Å². The number of rotatable bonds is 7.